The minimum atomic E-state index is -0.759. The number of aromatic hydroxyl groups is 1. The molecule has 2 N–H and O–H groups in total. The van der Waals surface area contributed by atoms with Crippen molar-refractivity contribution in [3.63, 3.8) is 0 Å². The number of carbonyl (C=O) groups excluding carboxylic acids is 1. The summed E-state index contributed by atoms with van der Waals surface area (Å²) in [5, 5.41) is 13.5. The predicted molar refractivity (Wildman–Crippen MR) is 104 cm³/mol. The zero-order chi connectivity index (χ0) is 20.1. The zero-order valence-electron chi connectivity index (χ0n) is 15.8. The van der Waals surface area contributed by atoms with Crippen molar-refractivity contribution in [1.82, 2.24) is 20.0 Å². The van der Waals surface area contributed by atoms with Crippen molar-refractivity contribution in [2.24, 2.45) is 0 Å². The molecule has 28 heavy (non-hydrogen) atoms. The molecule has 0 spiro atoms. The summed E-state index contributed by atoms with van der Waals surface area (Å²) in [5.41, 5.74) is 0.288. The van der Waals surface area contributed by atoms with Gasteiger partial charge < -0.3 is 15.3 Å². The fourth-order valence-electron chi connectivity index (χ4n) is 2.81. The lowest BCUT2D eigenvalue weighted by Gasteiger charge is -2.15. The average molecular weight is 382 g/mol. The Morgan fingerprint density at radius 2 is 2.00 bits per heavy atom. The van der Waals surface area contributed by atoms with Gasteiger partial charge in [0.25, 0.3) is 5.91 Å². The lowest BCUT2D eigenvalue weighted by molar-refractivity contribution is 0.0917. The number of hydrogen-bond acceptors (Lipinski definition) is 6. The van der Waals surface area contributed by atoms with Crippen molar-refractivity contribution in [3.05, 3.63) is 63.8 Å². The normalized spacial score (nSPS) is 10.8. The van der Waals surface area contributed by atoms with Gasteiger partial charge in [-0.3, -0.25) is 9.59 Å². The summed E-state index contributed by atoms with van der Waals surface area (Å²) in [7, 11) is 0. The molecule has 1 aromatic carbocycles. The lowest BCUT2D eigenvalue weighted by atomic mass is 10.1. The van der Waals surface area contributed by atoms with E-state index in [0.29, 0.717) is 5.69 Å². The third kappa shape index (κ3) is 3.80. The maximum absolute atomic E-state index is 12.9. The lowest BCUT2D eigenvalue weighted by Crippen LogP contribution is -2.36. The van der Waals surface area contributed by atoms with Crippen LogP contribution in [0.3, 0.4) is 0 Å². The standard InChI is InChI=1S/C20H22N4O4/c1-3-4-10-28-24-18-15(13(2)22-12-23-18)17(25)16(20(24)27)19(26)21-11-14-8-6-5-7-9-14/h5-9,12,25H,3-4,10-11H2,1-2H3,(H,21,26). The second-order valence-corrected chi connectivity index (χ2v) is 6.34. The van der Waals surface area contributed by atoms with E-state index in [-0.39, 0.29) is 24.2 Å². The van der Waals surface area contributed by atoms with E-state index >= 15 is 0 Å². The summed E-state index contributed by atoms with van der Waals surface area (Å²) in [6.45, 7) is 4.16. The molecule has 146 valence electrons. The van der Waals surface area contributed by atoms with E-state index in [2.05, 4.69) is 15.3 Å². The number of aromatic nitrogens is 3. The molecule has 2 heterocycles. The molecular weight excluding hydrogens is 360 g/mol. The van der Waals surface area contributed by atoms with Gasteiger partial charge in [0.1, 0.15) is 18.7 Å². The van der Waals surface area contributed by atoms with Crippen LogP contribution in [0.5, 0.6) is 5.75 Å². The number of nitrogens with zero attached hydrogens (tertiary/aromatic N) is 3. The number of rotatable bonds is 7. The van der Waals surface area contributed by atoms with Crippen LogP contribution in [0.2, 0.25) is 0 Å². The van der Waals surface area contributed by atoms with Crippen LogP contribution >= 0.6 is 0 Å². The van der Waals surface area contributed by atoms with Crippen molar-refractivity contribution in [2.45, 2.75) is 33.2 Å². The molecule has 8 heteroatoms. The van der Waals surface area contributed by atoms with E-state index in [9.17, 15) is 14.7 Å². The number of nitrogens with one attached hydrogen (secondary N) is 1. The highest BCUT2D eigenvalue weighted by molar-refractivity contribution is 6.02. The second kappa shape index (κ2) is 8.51. The van der Waals surface area contributed by atoms with Crippen molar-refractivity contribution >= 4 is 16.9 Å². The fourth-order valence-corrected chi connectivity index (χ4v) is 2.81. The van der Waals surface area contributed by atoms with Crippen LogP contribution in [0.4, 0.5) is 0 Å². The molecule has 2 aromatic heterocycles. The van der Waals surface area contributed by atoms with Gasteiger partial charge in [-0.2, -0.15) is 0 Å². The zero-order valence-corrected chi connectivity index (χ0v) is 15.8. The van der Waals surface area contributed by atoms with E-state index in [1.165, 1.54) is 6.33 Å². The van der Waals surface area contributed by atoms with Gasteiger partial charge in [-0.05, 0) is 18.9 Å². The summed E-state index contributed by atoms with van der Waals surface area (Å²) in [4.78, 5) is 39.3. The maximum Gasteiger partial charge on any atom is 0.301 e. The van der Waals surface area contributed by atoms with Gasteiger partial charge >= 0.3 is 5.56 Å². The van der Waals surface area contributed by atoms with Crippen molar-refractivity contribution in [3.8, 4) is 5.75 Å². The van der Waals surface area contributed by atoms with E-state index in [0.717, 1.165) is 23.1 Å². The van der Waals surface area contributed by atoms with Crippen LogP contribution in [0.15, 0.2) is 41.5 Å². The Hall–Kier alpha value is -3.42. The van der Waals surface area contributed by atoms with E-state index in [1.54, 1.807) is 6.92 Å². The van der Waals surface area contributed by atoms with Gasteiger partial charge in [0, 0.05) is 6.54 Å². The summed E-state index contributed by atoms with van der Waals surface area (Å²) in [5.74, 6) is -1.14. The van der Waals surface area contributed by atoms with Crippen LogP contribution in [0, 0.1) is 6.92 Å². The number of hydrogen-bond donors (Lipinski definition) is 2. The second-order valence-electron chi connectivity index (χ2n) is 6.34. The molecular formula is C20H22N4O4. The smallest absolute Gasteiger partial charge is 0.301 e. The summed E-state index contributed by atoms with van der Waals surface area (Å²) >= 11 is 0. The number of carbonyl (C=O) groups is 1. The minimum absolute atomic E-state index is 0.130. The number of aryl methyl sites for hydroxylation is 1. The van der Waals surface area contributed by atoms with Gasteiger partial charge in [0.2, 0.25) is 0 Å². The van der Waals surface area contributed by atoms with E-state index in [1.807, 2.05) is 37.3 Å². The first-order chi connectivity index (χ1) is 13.5. The molecule has 0 saturated carbocycles. The van der Waals surface area contributed by atoms with Crippen LogP contribution in [0.1, 0.15) is 41.4 Å². The summed E-state index contributed by atoms with van der Waals surface area (Å²) < 4.78 is 0.969. The molecule has 0 aliphatic rings. The molecule has 0 radical (unpaired) electrons. The van der Waals surface area contributed by atoms with E-state index < -0.39 is 22.8 Å². The number of pyridine rings is 1. The molecule has 0 bridgehead atoms. The summed E-state index contributed by atoms with van der Waals surface area (Å²) in [6, 6.07) is 9.28. The SMILES string of the molecule is CCCCOn1c(=O)c(C(=O)NCc2ccccc2)c(O)c2c(C)ncnc21. The van der Waals surface area contributed by atoms with Crippen molar-refractivity contribution < 1.29 is 14.7 Å². The quantitative estimate of drug-likeness (QED) is 0.605. The highest BCUT2D eigenvalue weighted by Gasteiger charge is 2.25. The van der Waals surface area contributed by atoms with Gasteiger partial charge in [-0.15, -0.1) is 4.73 Å². The average Bonchev–Trinajstić information content (AvgIpc) is 2.69. The minimum Gasteiger partial charge on any atom is -0.506 e. The number of benzene rings is 1. The Morgan fingerprint density at radius 1 is 1.25 bits per heavy atom. The monoisotopic (exact) mass is 382 g/mol. The number of unbranched alkanes of at least 4 members (excludes halogenated alkanes) is 1. The highest BCUT2D eigenvalue weighted by Crippen LogP contribution is 2.26. The van der Waals surface area contributed by atoms with Crippen LogP contribution < -0.4 is 15.7 Å². The molecule has 8 nitrogen and oxygen atoms in total. The summed E-state index contributed by atoms with van der Waals surface area (Å²) in [6.07, 6.45) is 2.89. The Balaban J connectivity index is 2.04. The highest BCUT2D eigenvalue weighted by atomic mass is 16.7. The molecule has 3 aromatic rings. The third-order valence-electron chi connectivity index (χ3n) is 4.32. The Bertz CT molecular complexity index is 1050. The third-order valence-corrected chi connectivity index (χ3v) is 4.32. The van der Waals surface area contributed by atoms with Gasteiger partial charge in [-0.25, -0.2) is 9.97 Å². The van der Waals surface area contributed by atoms with Gasteiger partial charge in [-0.1, -0.05) is 43.7 Å². The molecule has 0 atom stereocenters. The topological polar surface area (TPSA) is 106 Å². The molecule has 0 aliphatic carbocycles. The first-order valence-corrected chi connectivity index (χ1v) is 9.09. The molecule has 0 saturated heterocycles. The van der Waals surface area contributed by atoms with Crippen LogP contribution in [0.25, 0.3) is 11.0 Å². The number of fused-ring (bicyclic) bond motifs is 1. The first-order valence-electron chi connectivity index (χ1n) is 9.09. The predicted octanol–water partition coefficient (Wildman–Crippen LogP) is 1.96. The van der Waals surface area contributed by atoms with Gasteiger partial charge in [0.05, 0.1) is 11.1 Å². The Morgan fingerprint density at radius 3 is 2.71 bits per heavy atom. The van der Waals surface area contributed by atoms with E-state index in [4.69, 9.17) is 4.84 Å². The molecule has 3 rings (SSSR count). The molecule has 1 amide bonds. The molecule has 0 fully saturated rings. The molecule has 0 aliphatic heterocycles. The Labute approximate surface area is 161 Å². The number of amides is 1. The largest absolute Gasteiger partial charge is 0.506 e. The van der Waals surface area contributed by atoms with Crippen LogP contribution in [-0.2, 0) is 6.54 Å². The van der Waals surface area contributed by atoms with Crippen molar-refractivity contribution in [1.29, 1.82) is 0 Å². The van der Waals surface area contributed by atoms with Crippen LogP contribution in [-0.4, -0.2) is 32.3 Å². The van der Waals surface area contributed by atoms with Crippen molar-refractivity contribution in [2.75, 3.05) is 6.61 Å². The van der Waals surface area contributed by atoms with Gasteiger partial charge in [0.15, 0.2) is 11.2 Å². The Kier molecular flexibility index (Phi) is 5.88. The fraction of sp³-hybridized carbons (Fsp3) is 0.300. The maximum atomic E-state index is 12.9. The first kappa shape index (κ1) is 19.3. The molecule has 0 unspecified atom stereocenters.